The van der Waals surface area contributed by atoms with E-state index < -0.39 is 0 Å². The van der Waals surface area contributed by atoms with E-state index >= 15 is 0 Å². The third-order valence-corrected chi connectivity index (χ3v) is 3.08. The molecule has 0 unspecified atom stereocenters. The van der Waals surface area contributed by atoms with Crippen molar-refractivity contribution in [2.24, 2.45) is 0 Å². The zero-order chi connectivity index (χ0) is 11.8. The molecule has 0 aliphatic carbocycles. The molecule has 0 atom stereocenters. The van der Waals surface area contributed by atoms with Crippen LogP contribution in [0.5, 0.6) is 0 Å². The first-order chi connectivity index (χ1) is 8.22. The first-order valence-corrected chi connectivity index (χ1v) is 5.88. The van der Waals surface area contributed by atoms with Crippen LogP contribution in [-0.4, -0.2) is 4.40 Å². The fourth-order valence-corrected chi connectivity index (χ4v) is 2.25. The van der Waals surface area contributed by atoms with E-state index in [2.05, 4.69) is 73.1 Å². The average Bonchev–Trinajstić information content (AvgIpc) is 2.68. The summed E-state index contributed by atoms with van der Waals surface area (Å²) in [4.78, 5) is 0. The number of hydrogen-bond donors (Lipinski definition) is 0. The number of aromatic nitrogens is 1. The molecular formula is C16H15N. The number of benzene rings is 1. The predicted molar refractivity (Wildman–Crippen MR) is 72.3 cm³/mol. The number of nitrogens with zero attached hydrogens (tertiary/aromatic N) is 1. The highest BCUT2D eigenvalue weighted by Crippen LogP contribution is 2.22. The maximum atomic E-state index is 2.22. The number of fused-ring (bicyclic) bond motifs is 1. The molecule has 0 aliphatic heterocycles. The maximum Gasteiger partial charge on any atom is 0.0453 e. The van der Waals surface area contributed by atoms with Crippen molar-refractivity contribution in [1.82, 2.24) is 4.40 Å². The molecule has 17 heavy (non-hydrogen) atoms. The molecule has 0 bridgehead atoms. The number of aryl methyl sites for hydroxylation is 2. The van der Waals surface area contributed by atoms with Crippen LogP contribution in [0.4, 0.5) is 0 Å². The van der Waals surface area contributed by atoms with Gasteiger partial charge in [0.1, 0.15) is 0 Å². The van der Waals surface area contributed by atoms with Crippen molar-refractivity contribution < 1.29 is 0 Å². The van der Waals surface area contributed by atoms with Crippen molar-refractivity contribution in [3.63, 3.8) is 0 Å². The second-order valence-electron chi connectivity index (χ2n) is 4.64. The van der Waals surface area contributed by atoms with E-state index in [1.165, 1.54) is 27.8 Å². The summed E-state index contributed by atoms with van der Waals surface area (Å²) in [5.74, 6) is 0. The van der Waals surface area contributed by atoms with E-state index in [1.54, 1.807) is 0 Å². The summed E-state index contributed by atoms with van der Waals surface area (Å²) in [6.45, 7) is 4.25. The molecule has 1 aromatic carbocycles. The Morgan fingerprint density at radius 2 is 1.65 bits per heavy atom. The molecule has 0 spiro atoms. The van der Waals surface area contributed by atoms with Gasteiger partial charge >= 0.3 is 0 Å². The third-order valence-electron chi connectivity index (χ3n) is 3.08. The SMILES string of the molecule is Cc1cccc(-c2ccc3cc(C)cn3c2)c1. The largest absolute Gasteiger partial charge is 0.323 e. The van der Waals surface area contributed by atoms with Crippen LogP contribution in [-0.2, 0) is 0 Å². The van der Waals surface area contributed by atoms with Crippen LogP contribution in [0.1, 0.15) is 11.1 Å². The maximum absolute atomic E-state index is 2.22. The van der Waals surface area contributed by atoms with Crippen LogP contribution >= 0.6 is 0 Å². The van der Waals surface area contributed by atoms with Gasteiger partial charge in [0.25, 0.3) is 0 Å². The molecule has 0 aliphatic rings. The van der Waals surface area contributed by atoms with E-state index in [-0.39, 0.29) is 0 Å². The Labute approximate surface area is 101 Å². The van der Waals surface area contributed by atoms with E-state index in [9.17, 15) is 0 Å². The topological polar surface area (TPSA) is 4.41 Å². The Hall–Kier alpha value is -2.02. The molecule has 0 saturated heterocycles. The quantitative estimate of drug-likeness (QED) is 0.579. The van der Waals surface area contributed by atoms with E-state index in [0.29, 0.717) is 0 Å². The highest BCUT2D eigenvalue weighted by Gasteiger charge is 2.00. The van der Waals surface area contributed by atoms with Crippen LogP contribution < -0.4 is 0 Å². The number of hydrogen-bond acceptors (Lipinski definition) is 0. The second kappa shape index (κ2) is 3.77. The van der Waals surface area contributed by atoms with Crippen molar-refractivity contribution in [3.8, 4) is 11.1 Å². The van der Waals surface area contributed by atoms with Gasteiger partial charge in [-0.15, -0.1) is 0 Å². The molecule has 0 N–H and O–H groups in total. The monoisotopic (exact) mass is 221 g/mol. The third kappa shape index (κ3) is 1.84. The van der Waals surface area contributed by atoms with Gasteiger partial charge in [0.15, 0.2) is 0 Å². The van der Waals surface area contributed by atoms with Crippen LogP contribution in [0, 0.1) is 13.8 Å². The molecule has 0 amide bonds. The highest BCUT2D eigenvalue weighted by molar-refractivity contribution is 5.66. The Bertz CT molecular complexity index is 677. The van der Waals surface area contributed by atoms with Crippen molar-refractivity contribution in [2.45, 2.75) is 13.8 Å². The Morgan fingerprint density at radius 3 is 2.47 bits per heavy atom. The van der Waals surface area contributed by atoms with Gasteiger partial charge in [0.2, 0.25) is 0 Å². The van der Waals surface area contributed by atoms with Crippen molar-refractivity contribution in [2.75, 3.05) is 0 Å². The summed E-state index contributed by atoms with van der Waals surface area (Å²) in [6, 6.07) is 15.2. The summed E-state index contributed by atoms with van der Waals surface area (Å²) in [5.41, 5.74) is 6.38. The van der Waals surface area contributed by atoms with Gasteiger partial charge in [0, 0.05) is 17.9 Å². The van der Waals surface area contributed by atoms with Gasteiger partial charge in [-0.05, 0) is 42.7 Å². The molecule has 0 radical (unpaired) electrons. The second-order valence-corrected chi connectivity index (χ2v) is 4.64. The molecule has 2 heterocycles. The van der Waals surface area contributed by atoms with Gasteiger partial charge in [-0.2, -0.15) is 0 Å². The highest BCUT2D eigenvalue weighted by atomic mass is 14.9. The molecule has 0 saturated carbocycles. The molecule has 3 rings (SSSR count). The zero-order valence-corrected chi connectivity index (χ0v) is 10.1. The minimum atomic E-state index is 1.25. The van der Waals surface area contributed by atoms with Crippen LogP contribution in [0.25, 0.3) is 16.6 Å². The van der Waals surface area contributed by atoms with Crippen LogP contribution in [0.2, 0.25) is 0 Å². The molecule has 1 nitrogen and oxygen atoms in total. The zero-order valence-electron chi connectivity index (χ0n) is 10.1. The van der Waals surface area contributed by atoms with Gasteiger partial charge in [-0.1, -0.05) is 35.9 Å². The van der Waals surface area contributed by atoms with E-state index in [1.807, 2.05) is 0 Å². The van der Waals surface area contributed by atoms with Gasteiger partial charge in [-0.25, -0.2) is 0 Å². The molecule has 2 aromatic heterocycles. The lowest BCUT2D eigenvalue weighted by Crippen LogP contribution is -1.85. The lowest BCUT2D eigenvalue weighted by atomic mass is 10.1. The first-order valence-electron chi connectivity index (χ1n) is 5.88. The van der Waals surface area contributed by atoms with Crippen LogP contribution in [0.3, 0.4) is 0 Å². The minimum absolute atomic E-state index is 1.25. The Kier molecular flexibility index (Phi) is 2.25. The number of rotatable bonds is 1. The molecule has 3 aromatic rings. The summed E-state index contributed by atoms with van der Waals surface area (Å²) < 4.78 is 2.19. The Morgan fingerprint density at radius 1 is 0.765 bits per heavy atom. The summed E-state index contributed by atoms with van der Waals surface area (Å²) in [7, 11) is 0. The summed E-state index contributed by atoms with van der Waals surface area (Å²) in [5, 5.41) is 0. The predicted octanol–water partition coefficient (Wildman–Crippen LogP) is 4.22. The fourth-order valence-electron chi connectivity index (χ4n) is 2.25. The summed E-state index contributed by atoms with van der Waals surface area (Å²) in [6.07, 6.45) is 4.35. The van der Waals surface area contributed by atoms with Gasteiger partial charge in [0.05, 0.1) is 0 Å². The summed E-state index contributed by atoms with van der Waals surface area (Å²) >= 11 is 0. The lowest BCUT2D eigenvalue weighted by Gasteiger charge is -2.04. The molecule has 1 heteroatoms. The first kappa shape index (κ1) is 10.2. The fraction of sp³-hybridized carbons (Fsp3) is 0.125. The van der Waals surface area contributed by atoms with Crippen molar-refractivity contribution in [1.29, 1.82) is 0 Å². The van der Waals surface area contributed by atoms with E-state index in [4.69, 9.17) is 0 Å². The van der Waals surface area contributed by atoms with E-state index in [0.717, 1.165) is 0 Å². The van der Waals surface area contributed by atoms with Gasteiger partial charge < -0.3 is 4.40 Å². The number of pyridine rings is 1. The molecule has 0 fully saturated rings. The molecule has 84 valence electrons. The molecular weight excluding hydrogens is 206 g/mol. The lowest BCUT2D eigenvalue weighted by molar-refractivity contribution is 1.19. The average molecular weight is 221 g/mol. The normalized spacial score (nSPS) is 10.9. The minimum Gasteiger partial charge on any atom is -0.323 e. The van der Waals surface area contributed by atoms with Crippen LogP contribution in [0.15, 0.2) is 54.9 Å². The van der Waals surface area contributed by atoms with Crippen molar-refractivity contribution in [3.05, 3.63) is 66.0 Å². The van der Waals surface area contributed by atoms with Gasteiger partial charge in [-0.3, -0.25) is 0 Å². The smallest absolute Gasteiger partial charge is 0.0453 e. The van der Waals surface area contributed by atoms with Crippen molar-refractivity contribution >= 4 is 5.52 Å². The standard InChI is InChI=1S/C16H15N/c1-12-4-3-5-14(8-12)15-6-7-16-9-13(2)10-17(16)11-15/h3-11H,1-2H3. The Balaban J connectivity index is 2.17.